The highest BCUT2D eigenvalue weighted by atomic mass is 16.3. The van der Waals surface area contributed by atoms with Gasteiger partial charge >= 0.3 is 0 Å². The maximum atomic E-state index is 13.5. The molecule has 2 aromatic carbocycles. The van der Waals surface area contributed by atoms with Gasteiger partial charge in [0.05, 0.1) is 23.4 Å². The second kappa shape index (κ2) is 6.81. The molecule has 1 fully saturated rings. The van der Waals surface area contributed by atoms with Crippen molar-refractivity contribution in [3.05, 3.63) is 66.0 Å². The van der Waals surface area contributed by atoms with E-state index in [1.54, 1.807) is 4.68 Å². The van der Waals surface area contributed by atoms with Crippen LogP contribution >= 0.6 is 0 Å². The van der Waals surface area contributed by atoms with E-state index in [1.807, 2.05) is 56.4 Å². The van der Waals surface area contributed by atoms with Crippen molar-refractivity contribution in [1.29, 1.82) is 0 Å². The molecule has 0 radical (unpaired) electrons. The first-order valence-corrected chi connectivity index (χ1v) is 10.6. The lowest BCUT2D eigenvalue weighted by Gasteiger charge is -2.37. The summed E-state index contributed by atoms with van der Waals surface area (Å²) < 4.78 is 1.79. The van der Waals surface area contributed by atoms with Gasteiger partial charge in [0.15, 0.2) is 0 Å². The normalized spacial score (nSPS) is 17.3. The third-order valence-corrected chi connectivity index (χ3v) is 6.33. The molecule has 0 saturated heterocycles. The molecule has 1 aliphatic carbocycles. The highest BCUT2D eigenvalue weighted by Crippen LogP contribution is 2.44. The predicted octanol–water partition coefficient (Wildman–Crippen LogP) is 4.26. The van der Waals surface area contributed by atoms with Gasteiger partial charge in [-0.3, -0.25) is 9.48 Å². The molecular formula is C25H27N3O2. The predicted molar refractivity (Wildman–Crippen MR) is 117 cm³/mol. The van der Waals surface area contributed by atoms with Crippen LogP contribution in [0, 0.1) is 5.92 Å². The van der Waals surface area contributed by atoms with Gasteiger partial charge in [-0.2, -0.15) is 5.10 Å². The minimum Gasteiger partial charge on any atom is -0.388 e. The van der Waals surface area contributed by atoms with E-state index in [0.29, 0.717) is 12.5 Å². The Kier molecular flexibility index (Phi) is 4.33. The van der Waals surface area contributed by atoms with Crippen LogP contribution < -0.4 is 0 Å². The number of rotatable bonds is 5. The standard InChI is InChI=1S/C25H27N3O2/c1-25(2,30)23(18-11-12-18)28-15-19-5-4-6-21(22(19)24(28)29)17-9-7-16(8-10-17)20-13-26-27(3)14-20/h4-10,13-14,18,23,30H,11-12,15H2,1-3H3/t23-/m1/s1. The number of hydrogen-bond acceptors (Lipinski definition) is 3. The topological polar surface area (TPSA) is 58.4 Å². The van der Waals surface area contributed by atoms with E-state index in [9.17, 15) is 9.90 Å². The summed E-state index contributed by atoms with van der Waals surface area (Å²) in [6.45, 7) is 4.22. The molecule has 1 N–H and O–H groups in total. The average molecular weight is 402 g/mol. The molecule has 1 aromatic heterocycles. The van der Waals surface area contributed by atoms with Crippen molar-refractivity contribution in [2.45, 2.75) is 44.9 Å². The van der Waals surface area contributed by atoms with E-state index >= 15 is 0 Å². The monoisotopic (exact) mass is 401 g/mol. The molecule has 0 bridgehead atoms. The average Bonchev–Trinajstić information content (AvgIpc) is 3.35. The zero-order valence-corrected chi connectivity index (χ0v) is 17.7. The van der Waals surface area contributed by atoms with Gasteiger partial charge in [-0.1, -0.05) is 42.5 Å². The summed E-state index contributed by atoms with van der Waals surface area (Å²) in [6.07, 6.45) is 6.01. The first-order valence-electron chi connectivity index (χ1n) is 10.6. The minimum absolute atomic E-state index is 0.0379. The van der Waals surface area contributed by atoms with Gasteiger partial charge in [-0.15, -0.1) is 0 Å². The van der Waals surface area contributed by atoms with Crippen LogP contribution in [0.15, 0.2) is 54.9 Å². The second-order valence-electron chi connectivity index (χ2n) is 9.19. The Bertz CT molecular complexity index is 1100. The van der Waals surface area contributed by atoms with Crippen molar-refractivity contribution in [1.82, 2.24) is 14.7 Å². The van der Waals surface area contributed by atoms with Gasteiger partial charge in [0, 0.05) is 25.4 Å². The number of aryl methyl sites for hydroxylation is 1. The number of hydrogen-bond donors (Lipinski definition) is 1. The lowest BCUT2D eigenvalue weighted by molar-refractivity contribution is -0.0224. The fourth-order valence-corrected chi connectivity index (χ4v) is 4.89. The quantitative estimate of drug-likeness (QED) is 0.695. The maximum Gasteiger partial charge on any atom is 0.255 e. The molecule has 5 rings (SSSR count). The third-order valence-electron chi connectivity index (χ3n) is 6.33. The van der Waals surface area contributed by atoms with Crippen LogP contribution in [0.25, 0.3) is 22.3 Å². The molecule has 2 aliphatic rings. The molecule has 0 unspecified atom stereocenters. The molecule has 30 heavy (non-hydrogen) atoms. The number of carbonyl (C=O) groups excluding carboxylic acids is 1. The summed E-state index contributed by atoms with van der Waals surface area (Å²) in [5, 5.41) is 15.0. The fraction of sp³-hybridized carbons (Fsp3) is 0.360. The fourth-order valence-electron chi connectivity index (χ4n) is 4.89. The zero-order chi connectivity index (χ0) is 21.0. The number of carbonyl (C=O) groups is 1. The summed E-state index contributed by atoms with van der Waals surface area (Å²) in [4.78, 5) is 15.4. The lowest BCUT2D eigenvalue weighted by atomic mass is 9.92. The SMILES string of the molecule is Cn1cc(-c2ccc(-c3cccc4c3C(=O)N([C@H](C3CC3)C(C)(C)O)C4)cc2)cn1. The van der Waals surface area contributed by atoms with Crippen molar-refractivity contribution < 1.29 is 9.90 Å². The van der Waals surface area contributed by atoms with E-state index in [4.69, 9.17) is 0 Å². The summed E-state index contributed by atoms with van der Waals surface area (Å²) in [6, 6.07) is 14.2. The van der Waals surface area contributed by atoms with Crippen molar-refractivity contribution in [3.8, 4) is 22.3 Å². The number of nitrogens with zero attached hydrogens (tertiary/aromatic N) is 3. The van der Waals surface area contributed by atoms with Crippen molar-refractivity contribution in [3.63, 3.8) is 0 Å². The molecule has 154 valence electrons. The van der Waals surface area contributed by atoms with Crippen LogP contribution in [-0.4, -0.2) is 37.3 Å². The molecule has 5 heteroatoms. The van der Waals surface area contributed by atoms with Gasteiger partial charge in [-0.25, -0.2) is 0 Å². The second-order valence-corrected chi connectivity index (χ2v) is 9.19. The number of amides is 1. The third kappa shape index (κ3) is 3.23. The largest absolute Gasteiger partial charge is 0.388 e. The molecular weight excluding hydrogens is 374 g/mol. The van der Waals surface area contributed by atoms with Crippen LogP contribution in [0.5, 0.6) is 0 Å². The first-order chi connectivity index (χ1) is 14.3. The Morgan fingerprint density at radius 3 is 2.37 bits per heavy atom. The van der Waals surface area contributed by atoms with Gasteiger partial charge in [0.1, 0.15) is 0 Å². The summed E-state index contributed by atoms with van der Waals surface area (Å²) >= 11 is 0. The Labute approximate surface area is 177 Å². The van der Waals surface area contributed by atoms with Crippen LogP contribution in [0.1, 0.15) is 42.6 Å². The number of benzene rings is 2. The molecule has 1 aliphatic heterocycles. The van der Waals surface area contributed by atoms with E-state index in [-0.39, 0.29) is 11.9 Å². The van der Waals surface area contributed by atoms with Crippen LogP contribution in [-0.2, 0) is 13.6 Å². The van der Waals surface area contributed by atoms with Crippen LogP contribution in [0.2, 0.25) is 0 Å². The first kappa shape index (κ1) is 19.1. The van der Waals surface area contributed by atoms with Gasteiger partial charge < -0.3 is 10.0 Å². The summed E-state index contributed by atoms with van der Waals surface area (Å²) in [5.74, 6) is 0.432. The molecule has 2 heterocycles. The Morgan fingerprint density at radius 1 is 1.07 bits per heavy atom. The summed E-state index contributed by atoms with van der Waals surface area (Å²) in [7, 11) is 1.91. The van der Waals surface area contributed by atoms with Crippen molar-refractivity contribution in [2.75, 3.05) is 0 Å². The molecule has 0 spiro atoms. The van der Waals surface area contributed by atoms with E-state index < -0.39 is 5.60 Å². The highest BCUT2D eigenvalue weighted by Gasteiger charge is 2.48. The number of aliphatic hydroxyl groups is 1. The van der Waals surface area contributed by atoms with Crippen molar-refractivity contribution in [2.24, 2.45) is 13.0 Å². The van der Waals surface area contributed by atoms with E-state index in [2.05, 4.69) is 29.4 Å². The minimum atomic E-state index is -0.912. The van der Waals surface area contributed by atoms with Gasteiger partial charge in [-0.05, 0) is 54.9 Å². The maximum absolute atomic E-state index is 13.5. The Hall–Kier alpha value is -2.92. The Balaban J connectivity index is 1.49. The van der Waals surface area contributed by atoms with Crippen LogP contribution in [0.4, 0.5) is 0 Å². The molecule has 1 atom stereocenters. The molecule has 1 saturated carbocycles. The number of aromatic nitrogens is 2. The van der Waals surface area contributed by atoms with Gasteiger partial charge in [0.25, 0.3) is 5.91 Å². The Morgan fingerprint density at radius 2 is 1.77 bits per heavy atom. The lowest BCUT2D eigenvalue weighted by Crippen LogP contribution is -2.51. The molecule has 3 aromatic rings. The summed E-state index contributed by atoms with van der Waals surface area (Å²) in [5.41, 5.74) is 5.07. The zero-order valence-electron chi connectivity index (χ0n) is 17.7. The van der Waals surface area contributed by atoms with E-state index in [1.165, 1.54) is 0 Å². The van der Waals surface area contributed by atoms with Crippen LogP contribution in [0.3, 0.4) is 0 Å². The molecule has 5 nitrogen and oxygen atoms in total. The molecule has 1 amide bonds. The van der Waals surface area contributed by atoms with Gasteiger partial charge in [0.2, 0.25) is 0 Å². The highest BCUT2D eigenvalue weighted by molar-refractivity contribution is 6.04. The smallest absolute Gasteiger partial charge is 0.255 e. The van der Waals surface area contributed by atoms with Crippen molar-refractivity contribution >= 4 is 5.91 Å². The van der Waals surface area contributed by atoms with E-state index in [0.717, 1.165) is 46.2 Å². The number of fused-ring (bicyclic) bond motifs is 1.